The first kappa shape index (κ1) is 15.1. The van der Waals surface area contributed by atoms with Crippen LogP contribution in [-0.2, 0) is 9.59 Å². The standard InChI is InChI=1S/C18H23NO3/c1-12(13-7-3-2-4-8-13)17(20)19-15-10-6-5-9-14(15)11-16(19)18(21)22/h2-4,7-8,12,14-16H,5-6,9-11H2,1H3,(H,21,22)/t12-,14?,15?,16?/m1/s1. The second-order valence-corrected chi connectivity index (χ2v) is 6.58. The Bertz CT molecular complexity index is 557. The van der Waals surface area contributed by atoms with Crippen molar-refractivity contribution in [2.75, 3.05) is 0 Å². The summed E-state index contributed by atoms with van der Waals surface area (Å²) in [7, 11) is 0. The van der Waals surface area contributed by atoms with E-state index in [9.17, 15) is 14.7 Å². The number of rotatable bonds is 3. The van der Waals surface area contributed by atoms with Gasteiger partial charge in [-0.05, 0) is 37.7 Å². The van der Waals surface area contributed by atoms with Crippen molar-refractivity contribution in [3.63, 3.8) is 0 Å². The van der Waals surface area contributed by atoms with E-state index in [1.807, 2.05) is 37.3 Å². The van der Waals surface area contributed by atoms with Crippen molar-refractivity contribution in [1.29, 1.82) is 0 Å². The molecule has 0 radical (unpaired) electrons. The van der Waals surface area contributed by atoms with Gasteiger partial charge in [-0.15, -0.1) is 0 Å². The van der Waals surface area contributed by atoms with Crippen LogP contribution in [0.1, 0.15) is 50.5 Å². The van der Waals surface area contributed by atoms with Crippen LogP contribution in [0.4, 0.5) is 0 Å². The molecule has 2 aliphatic rings. The average molecular weight is 301 g/mol. The molecule has 1 heterocycles. The molecule has 1 aromatic rings. The zero-order valence-electron chi connectivity index (χ0n) is 12.9. The Balaban J connectivity index is 1.86. The predicted octanol–water partition coefficient (Wildman–Crippen LogP) is 3.03. The lowest BCUT2D eigenvalue weighted by Gasteiger charge is -2.34. The van der Waals surface area contributed by atoms with Crippen molar-refractivity contribution in [2.45, 2.75) is 57.0 Å². The number of nitrogens with zero attached hydrogens (tertiary/aromatic N) is 1. The molecule has 1 amide bonds. The highest BCUT2D eigenvalue weighted by Gasteiger charge is 2.48. The van der Waals surface area contributed by atoms with Gasteiger partial charge in [0.25, 0.3) is 0 Å². The van der Waals surface area contributed by atoms with Gasteiger partial charge in [-0.25, -0.2) is 4.79 Å². The van der Waals surface area contributed by atoms with Gasteiger partial charge in [-0.3, -0.25) is 4.79 Å². The van der Waals surface area contributed by atoms with Crippen LogP contribution in [0.5, 0.6) is 0 Å². The van der Waals surface area contributed by atoms with Gasteiger partial charge in [0.05, 0.1) is 5.92 Å². The van der Waals surface area contributed by atoms with Crippen LogP contribution >= 0.6 is 0 Å². The summed E-state index contributed by atoms with van der Waals surface area (Å²) < 4.78 is 0. The van der Waals surface area contributed by atoms with E-state index in [1.165, 1.54) is 0 Å². The van der Waals surface area contributed by atoms with Crippen LogP contribution < -0.4 is 0 Å². The minimum Gasteiger partial charge on any atom is -0.480 e. The third-order valence-corrected chi connectivity index (χ3v) is 5.30. The fourth-order valence-corrected chi connectivity index (χ4v) is 4.11. The van der Waals surface area contributed by atoms with Crippen molar-refractivity contribution < 1.29 is 14.7 Å². The lowest BCUT2D eigenvalue weighted by molar-refractivity contribution is -0.150. The minimum atomic E-state index is -0.858. The Morgan fingerprint density at radius 1 is 1.18 bits per heavy atom. The maximum absolute atomic E-state index is 13.0. The largest absolute Gasteiger partial charge is 0.480 e. The van der Waals surface area contributed by atoms with Gasteiger partial charge in [0.2, 0.25) is 5.91 Å². The molecule has 4 atom stereocenters. The number of hydrogen-bond donors (Lipinski definition) is 1. The van der Waals surface area contributed by atoms with E-state index in [1.54, 1.807) is 4.90 Å². The highest BCUT2D eigenvalue weighted by Crippen LogP contribution is 2.41. The predicted molar refractivity (Wildman–Crippen MR) is 83.5 cm³/mol. The van der Waals surface area contributed by atoms with Crippen LogP contribution in [0.25, 0.3) is 0 Å². The van der Waals surface area contributed by atoms with Crippen molar-refractivity contribution in [3.05, 3.63) is 35.9 Å². The normalized spacial score (nSPS) is 29.0. The average Bonchev–Trinajstić information content (AvgIpc) is 2.94. The number of carboxylic acid groups (broad SMARTS) is 1. The van der Waals surface area contributed by atoms with Crippen LogP contribution in [0.2, 0.25) is 0 Å². The zero-order chi connectivity index (χ0) is 15.7. The molecular formula is C18H23NO3. The number of fused-ring (bicyclic) bond motifs is 1. The summed E-state index contributed by atoms with van der Waals surface area (Å²) in [5.74, 6) is -0.818. The van der Waals surface area contributed by atoms with E-state index in [0.29, 0.717) is 12.3 Å². The molecule has 1 aliphatic heterocycles. The molecule has 118 valence electrons. The van der Waals surface area contributed by atoms with Crippen molar-refractivity contribution in [2.24, 2.45) is 5.92 Å². The Labute approximate surface area is 131 Å². The van der Waals surface area contributed by atoms with Gasteiger partial charge in [-0.1, -0.05) is 43.2 Å². The molecule has 2 fully saturated rings. The maximum atomic E-state index is 13.0. The molecule has 4 heteroatoms. The van der Waals surface area contributed by atoms with Crippen molar-refractivity contribution >= 4 is 11.9 Å². The van der Waals surface area contributed by atoms with Gasteiger partial charge < -0.3 is 10.0 Å². The smallest absolute Gasteiger partial charge is 0.326 e. The Morgan fingerprint density at radius 3 is 2.55 bits per heavy atom. The number of benzene rings is 1. The maximum Gasteiger partial charge on any atom is 0.326 e. The first-order chi connectivity index (χ1) is 10.6. The lowest BCUT2D eigenvalue weighted by atomic mass is 9.84. The molecule has 4 nitrogen and oxygen atoms in total. The molecule has 3 unspecified atom stereocenters. The quantitative estimate of drug-likeness (QED) is 0.933. The summed E-state index contributed by atoms with van der Waals surface area (Å²) in [4.78, 5) is 26.3. The molecule has 1 aromatic carbocycles. The van der Waals surface area contributed by atoms with E-state index in [2.05, 4.69) is 0 Å². The lowest BCUT2D eigenvalue weighted by Crippen LogP contribution is -2.47. The number of likely N-dealkylation sites (tertiary alicyclic amines) is 1. The summed E-state index contributed by atoms with van der Waals surface area (Å²) in [6, 6.07) is 9.11. The number of carbonyl (C=O) groups excluding carboxylic acids is 1. The van der Waals surface area contributed by atoms with Crippen LogP contribution in [-0.4, -0.2) is 34.0 Å². The highest BCUT2D eigenvalue weighted by atomic mass is 16.4. The van der Waals surface area contributed by atoms with E-state index >= 15 is 0 Å². The second kappa shape index (κ2) is 6.11. The second-order valence-electron chi connectivity index (χ2n) is 6.58. The fourth-order valence-electron chi connectivity index (χ4n) is 4.11. The zero-order valence-corrected chi connectivity index (χ0v) is 12.9. The Morgan fingerprint density at radius 2 is 1.86 bits per heavy atom. The molecule has 1 saturated carbocycles. The number of aliphatic carboxylic acids is 1. The van der Waals surface area contributed by atoms with Gasteiger partial charge in [0.15, 0.2) is 0 Å². The highest BCUT2D eigenvalue weighted by molar-refractivity contribution is 5.89. The summed E-state index contributed by atoms with van der Waals surface area (Å²) in [6.45, 7) is 1.88. The minimum absolute atomic E-state index is 0.0343. The third-order valence-electron chi connectivity index (χ3n) is 5.30. The monoisotopic (exact) mass is 301 g/mol. The molecule has 0 aromatic heterocycles. The van der Waals surface area contributed by atoms with E-state index < -0.39 is 12.0 Å². The summed E-state index contributed by atoms with van der Waals surface area (Å²) in [5, 5.41) is 9.54. The molecule has 1 aliphatic carbocycles. The molecule has 22 heavy (non-hydrogen) atoms. The first-order valence-corrected chi connectivity index (χ1v) is 8.19. The molecule has 3 rings (SSSR count). The summed E-state index contributed by atoms with van der Waals surface area (Å²) in [5.41, 5.74) is 0.955. The Kier molecular flexibility index (Phi) is 4.19. The van der Waals surface area contributed by atoms with Gasteiger partial charge in [0.1, 0.15) is 6.04 Å². The first-order valence-electron chi connectivity index (χ1n) is 8.19. The third kappa shape index (κ3) is 2.62. The van der Waals surface area contributed by atoms with Gasteiger partial charge in [-0.2, -0.15) is 0 Å². The van der Waals surface area contributed by atoms with Crippen LogP contribution in [0, 0.1) is 5.92 Å². The molecule has 0 spiro atoms. The van der Waals surface area contributed by atoms with Crippen molar-refractivity contribution in [3.8, 4) is 0 Å². The fraction of sp³-hybridized carbons (Fsp3) is 0.556. The van der Waals surface area contributed by atoms with E-state index in [0.717, 1.165) is 31.2 Å². The number of carboxylic acids is 1. The molecular weight excluding hydrogens is 278 g/mol. The van der Waals surface area contributed by atoms with Crippen LogP contribution in [0.15, 0.2) is 30.3 Å². The van der Waals surface area contributed by atoms with Gasteiger partial charge >= 0.3 is 5.97 Å². The van der Waals surface area contributed by atoms with E-state index in [4.69, 9.17) is 0 Å². The van der Waals surface area contributed by atoms with Gasteiger partial charge in [0, 0.05) is 6.04 Å². The number of amides is 1. The summed E-state index contributed by atoms with van der Waals surface area (Å²) >= 11 is 0. The number of hydrogen-bond acceptors (Lipinski definition) is 2. The summed E-state index contributed by atoms with van der Waals surface area (Å²) in [6.07, 6.45) is 4.87. The molecule has 0 bridgehead atoms. The van der Waals surface area contributed by atoms with Crippen LogP contribution in [0.3, 0.4) is 0 Å². The van der Waals surface area contributed by atoms with Crippen molar-refractivity contribution in [1.82, 2.24) is 4.90 Å². The molecule has 1 N–H and O–H groups in total. The SMILES string of the molecule is C[C@@H](C(=O)N1C(C(=O)O)CC2CCCCC21)c1ccccc1. The Hall–Kier alpha value is -1.84. The topological polar surface area (TPSA) is 57.6 Å². The number of carbonyl (C=O) groups is 2. The molecule has 1 saturated heterocycles. The van der Waals surface area contributed by atoms with E-state index in [-0.39, 0.29) is 17.9 Å².